The number of anilines is 3. The Hall–Kier alpha value is -5.39. The Kier molecular flexibility index (Phi) is 15.4. The zero-order valence-corrected chi connectivity index (χ0v) is 37.0. The second-order valence-corrected chi connectivity index (χ2v) is 16.4. The summed E-state index contributed by atoms with van der Waals surface area (Å²) in [6.45, 7) is 11.0. The van der Waals surface area contributed by atoms with E-state index in [1.165, 1.54) is 26.4 Å². The fourth-order valence-electron chi connectivity index (χ4n) is 6.26. The molecule has 0 saturated carbocycles. The minimum Gasteiger partial charge on any atom is -0.495 e. The first-order valence-corrected chi connectivity index (χ1v) is 21.6. The van der Waals surface area contributed by atoms with Gasteiger partial charge in [0.05, 0.1) is 40.7 Å². The van der Waals surface area contributed by atoms with Crippen LogP contribution in [0.5, 0.6) is 11.5 Å². The van der Waals surface area contributed by atoms with E-state index in [0.717, 1.165) is 33.5 Å². The Balaban J connectivity index is 1.50. The van der Waals surface area contributed by atoms with Crippen LogP contribution in [0.25, 0.3) is 10.9 Å². The summed E-state index contributed by atoms with van der Waals surface area (Å²) in [5.74, 6) is 0.0666. The van der Waals surface area contributed by atoms with Crippen LogP contribution in [0, 0.1) is 20.8 Å². The monoisotopic (exact) mass is 881 g/mol. The van der Waals surface area contributed by atoms with Crippen LogP contribution in [-0.2, 0) is 19.6 Å². The summed E-state index contributed by atoms with van der Waals surface area (Å²) < 4.78 is 44.4. The lowest BCUT2D eigenvalue weighted by Gasteiger charge is -2.24. The summed E-state index contributed by atoms with van der Waals surface area (Å²) in [7, 11) is -0.635. The van der Waals surface area contributed by atoms with Gasteiger partial charge in [-0.25, -0.2) is 23.1 Å². The molecule has 0 aliphatic carbocycles. The molecule has 4 aromatic carbocycles. The number of amides is 1. The normalized spacial score (nSPS) is 12.3. The number of nitrogens with zero attached hydrogens (tertiary/aromatic N) is 4. The number of nitrogens with one attached hydrogen (secondary N) is 3. The molecule has 3 N–H and O–H groups in total. The number of aromatic nitrogens is 2. The van der Waals surface area contributed by atoms with E-state index in [9.17, 15) is 18.0 Å². The van der Waals surface area contributed by atoms with Crippen LogP contribution in [0.2, 0.25) is 10.0 Å². The quantitative estimate of drug-likeness (QED) is 0.0574. The third kappa shape index (κ3) is 11.5. The molecule has 320 valence electrons. The number of halogens is 2. The number of carbonyl (C=O) groups excluding carboxylic acids is 1. The van der Waals surface area contributed by atoms with Crippen molar-refractivity contribution in [3.63, 3.8) is 0 Å². The first-order valence-electron chi connectivity index (χ1n) is 19.0. The smallest absolute Gasteiger partial charge is 0.294 e. The Morgan fingerprint density at radius 3 is 2.37 bits per heavy atom. The molecule has 60 heavy (non-hydrogen) atoms. The van der Waals surface area contributed by atoms with Crippen LogP contribution in [0.15, 0.2) is 76.5 Å². The van der Waals surface area contributed by atoms with Gasteiger partial charge in [0, 0.05) is 42.5 Å². The van der Waals surface area contributed by atoms with E-state index in [0.29, 0.717) is 42.2 Å². The van der Waals surface area contributed by atoms with E-state index in [1.54, 1.807) is 30.3 Å². The summed E-state index contributed by atoms with van der Waals surface area (Å²) in [6, 6.07) is 19.3. The minimum absolute atomic E-state index is 0.0655. The molecule has 0 fully saturated rings. The summed E-state index contributed by atoms with van der Waals surface area (Å²) in [4.78, 5) is 45.3. The fraction of sp³-hybridized carbons (Fsp3) is 0.333. The molecule has 0 spiro atoms. The molecule has 1 atom stereocenters. The number of aryl methyl sites for hydroxylation is 3. The van der Waals surface area contributed by atoms with Crippen molar-refractivity contribution in [1.29, 1.82) is 0 Å². The number of aliphatic imine (C=N–C) groups is 1. The van der Waals surface area contributed by atoms with Gasteiger partial charge in [-0.2, -0.15) is 0 Å². The molecule has 0 saturated heterocycles. The van der Waals surface area contributed by atoms with Gasteiger partial charge < -0.3 is 34.6 Å². The number of fused-ring (bicyclic) bond motifs is 1. The molecule has 0 radical (unpaired) electrons. The largest absolute Gasteiger partial charge is 0.495 e. The summed E-state index contributed by atoms with van der Waals surface area (Å²) in [5.41, 5.74) is 3.96. The van der Waals surface area contributed by atoms with Crippen molar-refractivity contribution in [3.05, 3.63) is 110 Å². The van der Waals surface area contributed by atoms with Gasteiger partial charge in [-0.1, -0.05) is 47.8 Å². The predicted octanol–water partition coefficient (Wildman–Crippen LogP) is 7.03. The molecule has 0 aliphatic heterocycles. The number of sulfonamides is 1. The first-order chi connectivity index (χ1) is 28.5. The van der Waals surface area contributed by atoms with Gasteiger partial charge in [-0.3, -0.25) is 9.59 Å². The average Bonchev–Trinajstić information content (AvgIpc) is 3.19. The Morgan fingerprint density at radius 1 is 0.967 bits per heavy atom. The first kappa shape index (κ1) is 45.7. The van der Waals surface area contributed by atoms with Crippen molar-refractivity contribution in [3.8, 4) is 11.5 Å². The topological polar surface area (TPSA) is 175 Å². The lowest BCUT2D eigenvalue weighted by atomic mass is 10.1. The van der Waals surface area contributed by atoms with E-state index in [1.807, 2.05) is 63.8 Å². The summed E-state index contributed by atoms with van der Waals surface area (Å²) in [6.07, 6.45) is 1.18. The van der Waals surface area contributed by atoms with Gasteiger partial charge in [-0.15, -0.1) is 4.73 Å². The molecule has 1 heterocycles. The number of rotatable bonds is 19. The Labute approximate surface area is 359 Å². The molecule has 0 bridgehead atoms. The lowest BCUT2D eigenvalue weighted by Crippen LogP contribution is -2.36. The number of hydrogen-bond donors (Lipinski definition) is 3. The zero-order valence-electron chi connectivity index (χ0n) is 34.7. The molecular formula is C42H49Cl2N7O8S. The molecule has 0 aliphatic rings. The zero-order chi connectivity index (χ0) is 43.7. The van der Waals surface area contributed by atoms with Crippen LogP contribution >= 0.6 is 23.2 Å². The highest BCUT2D eigenvalue weighted by atomic mass is 35.5. The number of hydrogen-bond acceptors (Lipinski definition) is 12. The van der Waals surface area contributed by atoms with Crippen LogP contribution in [0.3, 0.4) is 0 Å². The van der Waals surface area contributed by atoms with Gasteiger partial charge in [-0.05, 0) is 93.4 Å². The van der Waals surface area contributed by atoms with Crippen molar-refractivity contribution in [1.82, 2.24) is 14.4 Å². The van der Waals surface area contributed by atoms with Crippen LogP contribution in [-0.4, -0.2) is 82.9 Å². The van der Waals surface area contributed by atoms with E-state index in [4.69, 9.17) is 47.2 Å². The number of carbonyl (C=O) groups is 1. The molecular weight excluding hydrogens is 833 g/mol. The van der Waals surface area contributed by atoms with E-state index < -0.39 is 27.8 Å². The number of ether oxygens (including phenoxy) is 3. The SMILES string of the molecule is CCC(OCNc1ccc(OC)c(NC(=O)/C(=N/c2ccc(N(CC)CCNS(C)(=O)=O)cc2C)c2nc3c(Cl)cc(Cl)cc3c(=O)n2OC)c1)Oc1ccc(C)cc1C. The van der Waals surface area contributed by atoms with Gasteiger partial charge in [0.25, 0.3) is 11.5 Å². The summed E-state index contributed by atoms with van der Waals surface area (Å²) >= 11 is 12.8. The predicted molar refractivity (Wildman–Crippen MR) is 238 cm³/mol. The van der Waals surface area contributed by atoms with Crippen molar-refractivity contribution >= 4 is 78.5 Å². The molecule has 1 aromatic heterocycles. The molecule has 5 rings (SSSR count). The van der Waals surface area contributed by atoms with Crippen LogP contribution in [0.4, 0.5) is 22.7 Å². The lowest BCUT2D eigenvalue weighted by molar-refractivity contribution is -0.110. The van der Waals surface area contributed by atoms with Gasteiger partial charge in [0.15, 0.2) is 5.71 Å². The molecule has 1 unspecified atom stereocenters. The number of likely N-dealkylation sites (N-methyl/N-ethyl adjacent to an activating group) is 1. The van der Waals surface area contributed by atoms with Crippen molar-refractivity contribution in [2.24, 2.45) is 4.99 Å². The summed E-state index contributed by atoms with van der Waals surface area (Å²) in [5, 5.41) is 6.45. The Bertz CT molecular complexity index is 2570. The number of benzene rings is 4. The van der Waals surface area contributed by atoms with Gasteiger partial charge in [0.1, 0.15) is 25.3 Å². The van der Waals surface area contributed by atoms with Crippen LogP contribution < -0.4 is 40.1 Å². The second-order valence-electron chi connectivity index (χ2n) is 13.8. The van der Waals surface area contributed by atoms with Crippen molar-refractivity contribution < 1.29 is 32.3 Å². The minimum atomic E-state index is -3.36. The molecule has 1 amide bonds. The highest BCUT2D eigenvalue weighted by Gasteiger charge is 2.26. The molecule has 18 heteroatoms. The van der Waals surface area contributed by atoms with Gasteiger partial charge in [0.2, 0.25) is 22.1 Å². The van der Waals surface area contributed by atoms with E-state index in [-0.39, 0.29) is 51.4 Å². The maximum absolute atomic E-state index is 14.6. The molecule has 5 aromatic rings. The maximum Gasteiger partial charge on any atom is 0.294 e. The fourth-order valence-corrected chi connectivity index (χ4v) is 7.26. The van der Waals surface area contributed by atoms with Gasteiger partial charge >= 0.3 is 0 Å². The van der Waals surface area contributed by atoms with Crippen LogP contribution in [0.1, 0.15) is 42.8 Å². The third-order valence-electron chi connectivity index (χ3n) is 9.28. The highest BCUT2D eigenvalue weighted by Crippen LogP contribution is 2.31. The van der Waals surface area contributed by atoms with E-state index >= 15 is 0 Å². The Morgan fingerprint density at radius 2 is 1.72 bits per heavy atom. The maximum atomic E-state index is 14.6. The standard InChI is InChI=1S/C42H49Cl2N7O8S/c1-9-37(59-35-15-11-25(3)19-27(35)5)58-24-45-29-12-16-36(56-6)34(23-29)48-41(52)39(40-49-38-31(42(53)51(40)57-7)21-28(43)22-32(38)44)47-33-14-13-30(20-26(33)4)50(10-2)18-17-46-60(8,54)55/h11-16,19-23,37,45-46H,9-10,17-18,24H2,1-8H3,(H,48,52)/b47-39+. The molecule has 15 nitrogen and oxygen atoms in total. The van der Waals surface area contributed by atoms with Crippen molar-refractivity contribution in [2.75, 3.05) is 62.4 Å². The average molecular weight is 883 g/mol. The van der Waals surface area contributed by atoms with Crippen molar-refractivity contribution in [2.45, 2.75) is 47.3 Å². The highest BCUT2D eigenvalue weighted by molar-refractivity contribution is 7.88. The second kappa shape index (κ2) is 20.2. The number of methoxy groups -OCH3 is 1. The van der Waals surface area contributed by atoms with E-state index in [2.05, 4.69) is 20.3 Å². The third-order valence-corrected chi connectivity index (χ3v) is 10.5.